The van der Waals surface area contributed by atoms with Gasteiger partial charge in [0, 0.05) is 12.8 Å². The third-order valence-electron chi connectivity index (χ3n) is 4.48. The molecule has 30 heavy (non-hydrogen) atoms. The van der Waals surface area contributed by atoms with Crippen LogP contribution in [0.1, 0.15) is 18.4 Å². The second-order valence-electron chi connectivity index (χ2n) is 6.85. The summed E-state index contributed by atoms with van der Waals surface area (Å²) in [5.74, 6) is -1.51. The van der Waals surface area contributed by atoms with E-state index in [0.29, 0.717) is 22.1 Å². The molecule has 1 aliphatic heterocycles. The van der Waals surface area contributed by atoms with Gasteiger partial charge in [-0.15, -0.1) is 0 Å². The highest BCUT2D eigenvalue weighted by atomic mass is 35.5. The van der Waals surface area contributed by atoms with E-state index < -0.39 is 11.8 Å². The first-order valence-electron chi connectivity index (χ1n) is 9.35. The standard InChI is InChI=1S/C21H21ClN4O4/c1-13-6-7-15(14(22)10-13)24-19(28)11-23-18(27)8-9-21(30)26-12-20(29)25-16-4-2-3-5-17(16)26/h2-7,10H,8-9,11-12H2,1H3,(H,23,27)(H,24,28)(H,25,29). The molecule has 0 unspecified atom stereocenters. The Morgan fingerprint density at radius 2 is 1.87 bits per heavy atom. The minimum atomic E-state index is -0.441. The van der Waals surface area contributed by atoms with Gasteiger partial charge in [-0.2, -0.15) is 0 Å². The third-order valence-corrected chi connectivity index (χ3v) is 4.80. The Morgan fingerprint density at radius 1 is 1.10 bits per heavy atom. The summed E-state index contributed by atoms with van der Waals surface area (Å²) in [6, 6.07) is 12.2. The first-order chi connectivity index (χ1) is 14.3. The van der Waals surface area contributed by atoms with Gasteiger partial charge < -0.3 is 20.9 Å². The van der Waals surface area contributed by atoms with Crippen LogP contribution in [0.4, 0.5) is 17.1 Å². The van der Waals surface area contributed by atoms with Crippen LogP contribution in [0.2, 0.25) is 5.02 Å². The molecule has 4 amide bonds. The fourth-order valence-corrected chi connectivity index (χ4v) is 3.28. The van der Waals surface area contributed by atoms with Gasteiger partial charge >= 0.3 is 0 Å². The van der Waals surface area contributed by atoms with E-state index in [1.165, 1.54) is 4.90 Å². The molecule has 0 aliphatic carbocycles. The zero-order chi connectivity index (χ0) is 21.7. The van der Waals surface area contributed by atoms with Crippen LogP contribution in [0.3, 0.4) is 0 Å². The summed E-state index contributed by atoms with van der Waals surface area (Å²) in [7, 11) is 0. The van der Waals surface area contributed by atoms with Crippen molar-refractivity contribution < 1.29 is 19.2 Å². The molecule has 9 heteroatoms. The maximum Gasteiger partial charge on any atom is 0.244 e. The Labute approximate surface area is 178 Å². The van der Waals surface area contributed by atoms with Crippen LogP contribution in [0.25, 0.3) is 0 Å². The molecule has 0 aromatic heterocycles. The minimum Gasteiger partial charge on any atom is -0.347 e. The lowest BCUT2D eigenvalue weighted by molar-refractivity contribution is -0.126. The Balaban J connectivity index is 1.47. The molecule has 156 valence electrons. The molecule has 0 spiro atoms. The molecule has 0 atom stereocenters. The van der Waals surface area contributed by atoms with Crippen LogP contribution in [-0.4, -0.2) is 36.7 Å². The Bertz CT molecular complexity index is 1010. The molecule has 1 aliphatic rings. The van der Waals surface area contributed by atoms with Gasteiger partial charge in [0.15, 0.2) is 0 Å². The second kappa shape index (κ2) is 9.41. The van der Waals surface area contributed by atoms with E-state index in [1.807, 2.05) is 13.0 Å². The smallest absolute Gasteiger partial charge is 0.244 e. The number of carbonyl (C=O) groups is 4. The van der Waals surface area contributed by atoms with E-state index >= 15 is 0 Å². The van der Waals surface area contributed by atoms with Gasteiger partial charge in [0.05, 0.1) is 28.6 Å². The van der Waals surface area contributed by atoms with Crippen molar-refractivity contribution in [3.8, 4) is 0 Å². The van der Waals surface area contributed by atoms with E-state index in [2.05, 4.69) is 16.0 Å². The highest BCUT2D eigenvalue weighted by molar-refractivity contribution is 6.33. The van der Waals surface area contributed by atoms with E-state index in [1.54, 1.807) is 36.4 Å². The van der Waals surface area contributed by atoms with Crippen LogP contribution in [0, 0.1) is 6.92 Å². The molecule has 0 fully saturated rings. The van der Waals surface area contributed by atoms with E-state index in [-0.39, 0.29) is 37.7 Å². The zero-order valence-corrected chi connectivity index (χ0v) is 17.1. The van der Waals surface area contributed by atoms with Gasteiger partial charge in [0.1, 0.15) is 6.54 Å². The van der Waals surface area contributed by atoms with E-state index in [4.69, 9.17) is 11.6 Å². The van der Waals surface area contributed by atoms with E-state index in [0.717, 1.165) is 5.56 Å². The van der Waals surface area contributed by atoms with Gasteiger partial charge in [0.25, 0.3) is 0 Å². The lowest BCUT2D eigenvalue weighted by Gasteiger charge is -2.29. The molecule has 0 saturated heterocycles. The molecule has 1 heterocycles. The van der Waals surface area contributed by atoms with Gasteiger partial charge in [-0.25, -0.2) is 0 Å². The van der Waals surface area contributed by atoms with Crippen molar-refractivity contribution in [2.24, 2.45) is 0 Å². The summed E-state index contributed by atoms with van der Waals surface area (Å²) in [6.45, 7) is 1.54. The van der Waals surface area contributed by atoms with Crippen molar-refractivity contribution in [1.82, 2.24) is 5.32 Å². The molecule has 3 rings (SSSR count). The molecule has 0 bridgehead atoms. The summed E-state index contributed by atoms with van der Waals surface area (Å²) < 4.78 is 0. The summed E-state index contributed by atoms with van der Waals surface area (Å²) in [5, 5.41) is 8.21. The lowest BCUT2D eigenvalue weighted by Crippen LogP contribution is -2.42. The molecular formula is C21H21ClN4O4. The number of hydrogen-bond donors (Lipinski definition) is 3. The summed E-state index contributed by atoms with van der Waals surface area (Å²) in [5.41, 5.74) is 2.57. The lowest BCUT2D eigenvalue weighted by atomic mass is 10.1. The van der Waals surface area contributed by atoms with Crippen molar-refractivity contribution >= 4 is 52.3 Å². The predicted octanol–water partition coefficient (Wildman–Crippen LogP) is 2.47. The number of nitrogens with zero attached hydrogens (tertiary/aromatic N) is 1. The normalized spacial score (nSPS) is 12.6. The summed E-state index contributed by atoms with van der Waals surface area (Å²) in [6.07, 6.45) is -0.184. The summed E-state index contributed by atoms with van der Waals surface area (Å²) in [4.78, 5) is 49.7. The van der Waals surface area contributed by atoms with Gasteiger partial charge in [-0.05, 0) is 36.8 Å². The predicted molar refractivity (Wildman–Crippen MR) is 114 cm³/mol. The maximum absolute atomic E-state index is 12.5. The minimum absolute atomic E-state index is 0.0845. The average molecular weight is 429 g/mol. The largest absolute Gasteiger partial charge is 0.347 e. The number of hydrogen-bond acceptors (Lipinski definition) is 4. The number of aryl methyl sites for hydroxylation is 1. The fraction of sp³-hybridized carbons (Fsp3) is 0.238. The Kier molecular flexibility index (Phi) is 6.68. The number of amides is 4. The molecule has 8 nitrogen and oxygen atoms in total. The van der Waals surface area contributed by atoms with Crippen molar-refractivity contribution in [3.05, 3.63) is 53.1 Å². The molecule has 2 aromatic carbocycles. The third kappa shape index (κ3) is 5.36. The van der Waals surface area contributed by atoms with E-state index in [9.17, 15) is 19.2 Å². The van der Waals surface area contributed by atoms with Crippen LogP contribution in [0.5, 0.6) is 0 Å². The topological polar surface area (TPSA) is 108 Å². The van der Waals surface area contributed by atoms with Crippen molar-refractivity contribution in [3.63, 3.8) is 0 Å². The first-order valence-corrected chi connectivity index (χ1v) is 9.73. The number of para-hydroxylation sites is 2. The SMILES string of the molecule is Cc1ccc(NC(=O)CNC(=O)CCC(=O)N2CC(=O)Nc3ccccc32)c(Cl)c1. The highest BCUT2D eigenvalue weighted by Crippen LogP contribution is 2.29. The number of nitrogens with one attached hydrogen (secondary N) is 3. The number of rotatable bonds is 6. The average Bonchev–Trinajstić information content (AvgIpc) is 2.71. The number of benzene rings is 2. The van der Waals surface area contributed by atoms with Crippen molar-refractivity contribution in [2.45, 2.75) is 19.8 Å². The fourth-order valence-electron chi connectivity index (χ4n) is 2.99. The molecule has 3 N–H and O–H groups in total. The van der Waals surface area contributed by atoms with Crippen molar-refractivity contribution in [1.29, 1.82) is 0 Å². The first kappa shape index (κ1) is 21.3. The number of anilines is 3. The highest BCUT2D eigenvalue weighted by Gasteiger charge is 2.26. The second-order valence-corrected chi connectivity index (χ2v) is 7.26. The summed E-state index contributed by atoms with van der Waals surface area (Å²) >= 11 is 6.07. The molecule has 0 radical (unpaired) electrons. The van der Waals surface area contributed by atoms with Crippen molar-refractivity contribution in [2.75, 3.05) is 28.6 Å². The molecule has 0 saturated carbocycles. The van der Waals surface area contributed by atoms with Gasteiger partial charge in [-0.1, -0.05) is 29.8 Å². The number of halogens is 1. The quantitative estimate of drug-likeness (QED) is 0.656. The van der Waals surface area contributed by atoms with Crippen LogP contribution in [0.15, 0.2) is 42.5 Å². The number of fused-ring (bicyclic) bond motifs is 1. The van der Waals surface area contributed by atoms with Crippen LogP contribution < -0.4 is 20.9 Å². The Morgan fingerprint density at radius 3 is 2.63 bits per heavy atom. The molecule has 2 aromatic rings. The molecular weight excluding hydrogens is 408 g/mol. The Hall–Kier alpha value is -3.39. The van der Waals surface area contributed by atoms with Gasteiger partial charge in [0.2, 0.25) is 23.6 Å². The monoisotopic (exact) mass is 428 g/mol. The van der Waals surface area contributed by atoms with Gasteiger partial charge in [-0.3, -0.25) is 19.2 Å². The number of carbonyl (C=O) groups excluding carboxylic acids is 4. The van der Waals surface area contributed by atoms with Crippen LogP contribution in [-0.2, 0) is 19.2 Å². The maximum atomic E-state index is 12.5. The zero-order valence-electron chi connectivity index (χ0n) is 16.3. The van der Waals surface area contributed by atoms with Crippen LogP contribution >= 0.6 is 11.6 Å².